The molecule has 1 heterocycles. The van der Waals surface area contributed by atoms with Crippen molar-refractivity contribution < 1.29 is 9.59 Å². The number of nitrogens with one attached hydrogen (secondary N) is 2. The van der Waals surface area contributed by atoms with Crippen LogP contribution in [0.3, 0.4) is 0 Å². The Kier molecular flexibility index (Phi) is 7.03. The monoisotopic (exact) mass is 414 g/mol. The molecule has 0 saturated heterocycles. The Morgan fingerprint density at radius 1 is 1.17 bits per heavy atom. The van der Waals surface area contributed by atoms with Gasteiger partial charge in [-0.2, -0.15) is 0 Å². The van der Waals surface area contributed by atoms with E-state index in [-0.39, 0.29) is 11.8 Å². The highest BCUT2D eigenvalue weighted by Gasteiger charge is 2.30. The lowest BCUT2D eigenvalue weighted by atomic mass is 10.1. The number of carbonyl (C=O) groups excluding carboxylic acids is 2. The normalized spacial score (nSPS) is 13.7. The van der Waals surface area contributed by atoms with E-state index in [9.17, 15) is 9.59 Å². The number of amides is 2. The van der Waals surface area contributed by atoms with Crippen LogP contribution >= 0.6 is 11.3 Å². The summed E-state index contributed by atoms with van der Waals surface area (Å²) in [5, 5.41) is 8.55. The molecule has 2 N–H and O–H groups in total. The molecule has 0 radical (unpaired) electrons. The number of aryl methyl sites for hydroxylation is 2. The molecule has 2 amide bonds. The Balaban J connectivity index is 1.51. The maximum Gasteiger partial charge on any atom is 0.238 e. The molecule has 0 unspecified atom stereocenters. The molecule has 3 rings (SSSR count). The van der Waals surface area contributed by atoms with E-state index in [0.29, 0.717) is 36.6 Å². The summed E-state index contributed by atoms with van der Waals surface area (Å²) < 4.78 is 0. The molecule has 1 saturated carbocycles. The zero-order valence-electron chi connectivity index (χ0n) is 17.6. The van der Waals surface area contributed by atoms with Crippen LogP contribution in [0.15, 0.2) is 23.6 Å². The predicted octanol–water partition coefficient (Wildman–Crippen LogP) is 4.32. The van der Waals surface area contributed by atoms with E-state index in [4.69, 9.17) is 0 Å². The predicted molar refractivity (Wildman–Crippen MR) is 119 cm³/mol. The van der Waals surface area contributed by atoms with Gasteiger partial charge in [0.05, 0.1) is 12.2 Å². The maximum atomic E-state index is 12.6. The van der Waals surface area contributed by atoms with Crippen LogP contribution in [0.25, 0.3) is 0 Å². The van der Waals surface area contributed by atoms with Crippen LogP contribution in [-0.4, -0.2) is 40.8 Å². The molecule has 2 aromatic rings. The van der Waals surface area contributed by atoms with E-state index in [1.54, 1.807) is 0 Å². The van der Waals surface area contributed by atoms with E-state index in [2.05, 4.69) is 34.4 Å². The second-order valence-electron chi connectivity index (χ2n) is 8.05. The van der Waals surface area contributed by atoms with Gasteiger partial charge in [0.25, 0.3) is 0 Å². The number of rotatable bonds is 9. The molecule has 1 aromatic heterocycles. The fourth-order valence-corrected chi connectivity index (χ4v) is 4.13. The molecule has 0 atom stereocenters. The SMILES string of the molecule is Cc1cccc(C)c1NC(=O)CN(CCC(=O)Nc1nc(C(C)C)cs1)C1CC1. The number of carbonyl (C=O) groups is 2. The van der Waals surface area contributed by atoms with E-state index in [1.165, 1.54) is 11.3 Å². The number of hydrogen-bond acceptors (Lipinski definition) is 5. The Bertz CT molecular complexity index is 853. The van der Waals surface area contributed by atoms with Crippen LogP contribution in [0.5, 0.6) is 0 Å². The molecule has 156 valence electrons. The molecule has 7 heteroatoms. The minimum Gasteiger partial charge on any atom is -0.324 e. The van der Waals surface area contributed by atoms with Crippen LogP contribution in [-0.2, 0) is 9.59 Å². The highest BCUT2D eigenvalue weighted by atomic mass is 32.1. The largest absolute Gasteiger partial charge is 0.324 e. The van der Waals surface area contributed by atoms with Crippen molar-refractivity contribution in [2.75, 3.05) is 23.7 Å². The summed E-state index contributed by atoms with van der Waals surface area (Å²) in [5.41, 5.74) is 3.99. The van der Waals surface area contributed by atoms with Gasteiger partial charge in [-0.05, 0) is 43.7 Å². The summed E-state index contributed by atoms with van der Waals surface area (Å²) in [6.07, 6.45) is 2.52. The first-order valence-electron chi connectivity index (χ1n) is 10.2. The third-order valence-corrected chi connectivity index (χ3v) is 5.92. The maximum absolute atomic E-state index is 12.6. The second-order valence-corrected chi connectivity index (χ2v) is 8.91. The van der Waals surface area contributed by atoms with Crippen molar-refractivity contribution in [1.82, 2.24) is 9.88 Å². The van der Waals surface area contributed by atoms with Crippen molar-refractivity contribution in [2.45, 2.75) is 58.9 Å². The lowest BCUT2D eigenvalue weighted by molar-refractivity contribution is -0.119. The third-order valence-electron chi connectivity index (χ3n) is 5.14. The first-order chi connectivity index (χ1) is 13.8. The molecular weight excluding hydrogens is 384 g/mol. The number of thiazole rings is 1. The van der Waals surface area contributed by atoms with Crippen molar-refractivity contribution in [3.8, 4) is 0 Å². The van der Waals surface area contributed by atoms with Gasteiger partial charge < -0.3 is 10.6 Å². The van der Waals surface area contributed by atoms with E-state index in [0.717, 1.165) is 35.3 Å². The molecular formula is C22H30N4O2S. The Labute approximate surface area is 176 Å². The summed E-state index contributed by atoms with van der Waals surface area (Å²) in [7, 11) is 0. The smallest absolute Gasteiger partial charge is 0.238 e. The van der Waals surface area contributed by atoms with Crippen LogP contribution in [0.1, 0.15) is 55.8 Å². The van der Waals surface area contributed by atoms with Crippen LogP contribution in [0.2, 0.25) is 0 Å². The van der Waals surface area contributed by atoms with Crippen molar-refractivity contribution in [3.05, 3.63) is 40.4 Å². The minimum absolute atomic E-state index is 0.0313. The molecule has 29 heavy (non-hydrogen) atoms. The Morgan fingerprint density at radius 2 is 1.86 bits per heavy atom. The van der Waals surface area contributed by atoms with Gasteiger partial charge in [-0.15, -0.1) is 11.3 Å². The molecule has 1 fully saturated rings. The number of para-hydroxylation sites is 1. The molecule has 1 aliphatic carbocycles. The first-order valence-corrected chi connectivity index (χ1v) is 11.1. The summed E-state index contributed by atoms with van der Waals surface area (Å²) in [6, 6.07) is 6.38. The summed E-state index contributed by atoms with van der Waals surface area (Å²) in [6.45, 7) is 9.03. The van der Waals surface area contributed by atoms with Gasteiger partial charge >= 0.3 is 0 Å². The molecule has 6 nitrogen and oxygen atoms in total. The van der Waals surface area contributed by atoms with Gasteiger partial charge in [0.1, 0.15) is 0 Å². The fraction of sp³-hybridized carbons (Fsp3) is 0.500. The van der Waals surface area contributed by atoms with Crippen molar-refractivity contribution in [3.63, 3.8) is 0 Å². The lowest BCUT2D eigenvalue weighted by Gasteiger charge is -2.21. The van der Waals surface area contributed by atoms with Gasteiger partial charge in [-0.1, -0.05) is 32.0 Å². The average molecular weight is 415 g/mol. The molecule has 1 aromatic carbocycles. The summed E-state index contributed by atoms with van der Waals surface area (Å²) >= 11 is 1.45. The van der Waals surface area contributed by atoms with Crippen molar-refractivity contribution in [1.29, 1.82) is 0 Å². The number of hydrogen-bond donors (Lipinski definition) is 2. The van der Waals surface area contributed by atoms with Gasteiger partial charge in [-0.25, -0.2) is 4.98 Å². The van der Waals surface area contributed by atoms with E-state index >= 15 is 0 Å². The van der Waals surface area contributed by atoms with E-state index in [1.807, 2.05) is 37.4 Å². The quantitative estimate of drug-likeness (QED) is 0.641. The lowest BCUT2D eigenvalue weighted by Crippen LogP contribution is -2.37. The van der Waals surface area contributed by atoms with Crippen molar-refractivity contribution in [2.24, 2.45) is 0 Å². The third kappa shape index (κ3) is 6.11. The second kappa shape index (κ2) is 9.50. The number of aromatic nitrogens is 1. The standard InChI is InChI=1S/C22H30N4O2S/c1-14(2)18-13-29-22(23-18)25-19(27)10-11-26(17-8-9-17)12-20(28)24-21-15(3)6-5-7-16(21)4/h5-7,13-14,17H,8-12H2,1-4H3,(H,24,28)(H,23,25,27). The Morgan fingerprint density at radius 3 is 2.45 bits per heavy atom. The molecule has 1 aliphatic rings. The van der Waals surface area contributed by atoms with E-state index < -0.39 is 0 Å². The molecule has 0 bridgehead atoms. The average Bonchev–Trinajstić information content (AvgIpc) is 3.40. The zero-order valence-corrected chi connectivity index (χ0v) is 18.4. The number of anilines is 2. The highest BCUT2D eigenvalue weighted by Crippen LogP contribution is 2.27. The minimum atomic E-state index is -0.0598. The molecule has 0 spiro atoms. The summed E-state index contributed by atoms with van der Waals surface area (Å²) in [4.78, 5) is 31.5. The van der Waals surface area contributed by atoms with Crippen LogP contribution in [0.4, 0.5) is 10.8 Å². The van der Waals surface area contributed by atoms with Crippen LogP contribution in [0, 0.1) is 13.8 Å². The topological polar surface area (TPSA) is 74.3 Å². The number of nitrogens with zero attached hydrogens (tertiary/aromatic N) is 2. The first kappa shape index (κ1) is 21.5. The fourth-order valence-electron chi connectivity index (χ4n) is 3.24. The van der Waals surface area contributed by atoms with Crippen molar-refractivity contribution >= 4 is 34.0 Å². The van der Waals surface area contributed by atoms with Gasteiger partial charge in [0, 0.05) is 30.1 Å². The highest BCUT2D eigenvalue weighted by molar-refractivity contribution is 7.13. The zero-order chi connectivity index (χ0) is 21.0. The molecule has 0 aliphatic heterocycles. The van der Waals surface area contributed by atoms with Crippen LogP contribution < -0.4 is 10.6 Å². The Hall–Kier alpha value is -2.25. The van der Waals surface area contributed by atoms with Gasteiger partial charge in [0.2, 0.25) is 11.8 Å². The van der Waals surface area contributed by atoms with Gasteiger partial charge in [0.15, 0.2) is 5.13 Å². The number of benzene rings is 1. The van der Waals surface area contributed by atoms with Gasteiger partial charge in [-0.3, -0.25) is 14.5 Å². The summed E-state index contributed by atoms with van der Waals surface area (Å²) in [5.74, 6) is 0.254.